The molecule has 2 N–H and O–H groups in total. The van der Waals surface area contributed by atoms with Gasteiger partial charge in [0.15, 0.2) is 5.78 Å². The number of carbonyl (C=O) groups excluding carboxylic acids is 2. The molecular weight excluding hydrogens is 321 g/mol. The van der Waals surface area contributed by atoms with Crippen LogP contribution in [0.15, 0.2) is 12.1 Å². The Labute approximate surface area is 137 Å². The Morgan fingerprint density at radius 2 is 1.96 bits per heavy atom. The molecule has 0 aliphatic carbocycles. The van der Waals surface area contributed by atoms with Crippen LogP contribution < -0.4 is 5.32 Å². The number of aromatic amines is 1. The van der Waals surface area contributed by atoms with E-state index in [9.17, 15) is 22.8 Å². The van der Waals surface area contributed by atoms with Gasteiger partial charge in [0, 0.05) is 24.4 Å². The van der Waals surface area contributed by atoms with Gasteiger partial charge in [0.25, 0.3) is 12.3 Å². The number of aromatic nitrogens is 1. The average molecular weight is 340 g/mol. The lowest BCUT2D eigenvalue weighted by Gasteiger charge is -2.13. The van der Waals surface area contributed by atoms with Crippen molar-refractivity contribution in [3.8, 4) is 0 Å². The molecule has 0 saturated heterocycles. The number of aryl methyl sites for hydroxylation is 1. The molecule has 1 aromatic heterocycles. The summed E-state index contributed by atoms with van der Waals surface area (Å²) >= 11 is 0. The molecule has 0 aliphatic rings. The number of H-pyrrole nitrogens is 1. The van der Waals surface area contributed by atoms with Crippen LogP contribution in [0.4, 0.5) is 13.2 Å². The average Bonchev–Trinajstić information content (AvgIpc) is 2.90. The number of alkyl halides is 2. The number of nitrogens with one attached hydrogen (secondary N) is 2. The lowest BCUT2D eigenvalue weighted by Crippen LogP contribution is -2.20. The zero-order chi connectivity index (χ0) is 18.0. The first-order valence-electron chi connectivity index (χ1n) is 7.60. The third-order valence-electron chi connectivity index (χ3n) is 4.13. The van der Waals surface area contributed by atoms with Crippen molar-refractivity contribution in [1.82, 2.24) is 10.3 Å². The Morgan fingerprint density at radius 1 is 1.29 bits per heavy atom. The van der Waals surface area contributed by atoms with Crippen LogP contribution in [0.2, 0.25) is 0 Å². The highest BCUT2D eigenvalue weighted by Crippen LogP contribution is 2.33. The number of Topliss-reactive ketones (excluding diaryl/α,β-unsaturated/α-hetero) is 1. The van der Waals surface area contributed by atoms with E-state index in [2.05, 4.69) is 10.3 Å². The molecule has 2 aromatic rings. The molecule has 0 radical (unpaired) electrons. The molecular formula is C17H19F3N2O2. The van der Waals surface area contributed by atoms with Crippen molar-refractivity contribution in [3.63, 3.8) is 0 Å². The summed E-state index contributed by atoms with van der Waals surface area (Å²) in [4.78, 5) is 26.2. The highest BCUT2D eigenvalue weighted by molar-refractivity contribution is 6.01. The third kappa shape index (κ3) is 3.44. The second kappa shape index (κ2) is 7.07. The molecule has 0 bridgehead atoms. The van der Waals surface area contributed by atoms with Crippen molar-refractivity contribution < 1.29 is 22.8 Å². The van der Waals surface area contributed by atoms with E-state index in [0.29, 0.717) is 22.0 Å². The largest absolute Gasteiger partial charge is 0.354 e. The summed E-state index contributed by atoms with van der Waals surface area (Å²) in [6.45, 7) is 3.36. The summed E-state index contributed by atoms with van der Waals surface area (Å²) in [6.07, 6.45) is -3.09. The summed E-state index contributed by atoms with van der Waals surface area (Å²) in [6, 6.07) is 2.92. The highest BCUT2D eigenvalue weighted by atomic mass is 19.3. The summed E-state index contributed by atoms with van der Waals surface area (Å²) < 4.78 is 38.5. The van der Waals surface area contributed by atoms with E-state index in [1.807, 2.05) is 0 Å². The zero-order valence-corrected chi connectivity index (χ0v) is 13.7. The van der Waals surface area contributed by atoms with Gasteiger partial charge in [-0.2, -0.15) is 0 Å². The van der Waals surface area contributed by atoms with Crippen LogP contribution in [0.5, 0.6) is 0 Å². The number of hydrogen-bond donors (Lipinski definition) is 2. The topological polar surface area (TPSA) is 62.0 Å². The second-order valence-corrected chi connectivity index (χ2v) is 5.85. The van der Waals surface area contributed by atoms with Crippen LogP contribution in [-0.4, -0.2) is 30.1 Å². The van der Waals surface area contributed by atoms with Gasteiger partial charge in [-0.3, -0.25) is 9.59 Å². The number of rotatable bonds is 6. The van der Waals surface area contributed by atoms with Crippen molar-refractivity contribution in [2.75, 3.05) is 7.05 Å². The Balaban J connectivity index is 2.47. The zero-order valence-electron chi connectivity index (χ0n) is 13.7. The number of ketones is 1. The maximum atomic E-state index is 13.8. The second-order valence-electron chi connectivity index (χ2n) is 5.85. The highest BCUT2D eigenvalue weighted by Gasteiger charge is 2.24. The molecule has 0 fully saturated rings. The molecule has 0 unspecified atom stereocenters. The fraction of sp³-hybridized carbons (Fsp3) is 0.412. The van der Waals surface area contributed by atoms with Crippen LogP contribution in [0.3, 0.4) is 0 Å². The SMILES string of the molecule is CNC(=O)c1[nH]c2cc(F)c(C)cc2c1[C@@H](C)CCC(=O)C(F)F. The molecule has 1 amide bonds. The number of halogens is 3. The van der Waals surface area contributed by atoms with Gasteiger partial charge in [-0.25, -0.2) is 13.2 Å². The van der Waals surface area contributed by atoms with Gasteiger partial charge < -0.3 is 10.3 Å². The van der Waals surface area contributed by atoms with Crippen LogP contribution >= 0.6 is 0 Å². The number of fused-ring (bicyclic) bond motifs is 1. The molecule has 130 valence electrons. The van der Waals surface area contributed by atoms with Crippen LogP contribution in [0.25, 0.3) is 10.9 Å². The molecule has 0 saturated carbocycles. The Hall–Kier alpha value is -2.31. The molecule has 24 heavy (non-hydrogen) atoms. The predicted octanol–water partition coefficient (Wildman–Crippen LogP) is 3.69. The van der Waals surface area contributed by atoms with Gasteiger partial charge in [0.2, 0.25) is 0 Å². The summed E-state index contributed by atoms with van der Waals surface area (Å²) in [5, 5.41) is 3.16. The minimum Gasteiger partial charge on any atom is -0.354 e. The number of benzene rings is 1. The van der Waals surface area contributed by atoms with E-state index in [-0.39, 0.29) is 30.4 Å². The van der Waals surface area contributed by atoms with Crippen molar-refractivity contribution >= 4 is 22.6 Å². The van der Waals surface area contributed by atoms with Gasteiger partial charge in [-0.15, -0.1) is 0 Å². The fourth-order valence-corrected chi connectivity index (χ4v) is 2.77. The minimum absolute atomic E-state index is 0.177. The maximum Gasteiger partial charge on any atom is 0.295 e. The van der Waals surface area contributed by atoms with Crippen LogP contribution in [0.1, 0.15) is 47.3 Å². The first-order chi connectivity index (χ1) is 11.3. The van der Waals surface area contributed by atoms with E-state index in [1.165, 1.54) is 13.1 Å². The van der Waals surface area contributed by atoms with Crippen LogP contribution in [0, 0.1) is 12.7 Å². The van der Waals surface area contributed by atoms with E-state index >= 15 is 0 Å². The van der Waals surface area contributed by atoms with Gasteiger partial charge in [-0.1, -0.05) is 6.92 Å². The predicted molar refractivity (Wildman–Crippen MR) is 85.0 cm³/mol. The molecule has 0 aliphatic heterocycles. The molecule has 4 nitrogen and oxygen atoms in total. The lowest BCUT2D eigenvalue weighted by molar-refractivity contribution is -0.129. The number of amides is 1. The monoisotopic (exact) mass is 340 g/mol. The van der Waals surface area contributed by atoms with Gasteiger partial charge >= 0.3 is 0 Å². The summed E-state index contributed by atoms with van der Waals surface area (Å²) in [5.41, 5.74) is 1.74. The van der Waals surface area contributed by atoms with Gasteiger partial charge in [-0.05, 0) is 42.5 Å². The quantitative estimate of drug-likeness (QED) is 0.842. The van der Waals surface area contributed by atoms with E-state index < -0.39 is 18.0 Å². The molecule has 0 spiro atoms. The first-order valence-corrected chi connectivity index (χ1v) is 7.60. The fourth-order valence-electron chi connectivity index (χ4n) is 2.77. The van der Waals surface area contributed by atoms with E-state index in [4.69, 9.17) is 0 Å². The maximum absolute atomic E-state index is 13.8. The van der Waals surface area contributed by atoms with Gasteiger partial charge in [0.1, 0.15) is 11.5 Å². The molecule has 1 atom stereocenters. The number of carbonyl (C=O) groups is 2. The van der Waals surface area contributed by atoms with E-state index in [1.54, 1.807) is 19.9 Å². The Bertz CT molecular complexity index is 784. The van der Waals surface area contributed by atoms with Crippen molar-refractivity contribution in [2.45, 2.75) is 39.0 Å². The standard InChI is InChI=1S/C17H19F3N2O2/c1-8(4-5-13(23)16(19)20)14-10-6-9(2)11(18)7-12(10)22-15(14)17(24)21-3/h6-8,16,22H,4-5H2,1-3H3,(H,21,24)/t8-/m0/s1. The molecule has 7 heteroatoms. The summed E-state index contributed by atoms with van der Waals surface area (Å²) in [5.74, 6) is -2.23. The molecule has 1 heterocycles. The van der Waals surface area contributed by atoms with Crippen molar-refractivity contribution in [2.24, 2.45) is 0 Å². The Kier molecular flexibility index (Phi) is 5.31. The van der Waals surface area contributed by atoms with Crippen molar-refractivity contribution in [1.29, 1.82) is 0 Å². The van der Waals surface area contributed by atoms with Gasteiger partial charge in [0.05, 0.1) is 0 Å². The summed E-state index contributed by atoms with van der Waals surface area (Å²) in [7, 11) is 1.47. The molecule has 2 rings (SSSR count). The third-order valence-corrected chi connectivity index (χ3v) is 4.13. The van der Waals surface area contributed by atoms with E-state index in [0.717, 1.165) is 0 Å². The lowest BCUT2D eigenvalue weighted by atomic mass is 9.91. The van der Waals surface area contributed by atoms with Crippen LogP contribution in [-0.2, 0) is 4.79 Å². The number of hydrogen-bond acceptors (Lipinski definition) is 2. The smallest absolute Gasteiger partial charge is 0.295 e. The Morgan fingerprint density at radius 3 is 2.54 bits per heavy atom. The minimum atomic E-state index is -2.99. The first kappa shape index (κ1) is 18.0. The van der Waals surface area contributed by atoms with Crippen molar-refractivity contribution in [3.05, 3.63) is 34.8 Å². The molecule has 1 aromatic carbocycles. The normalized spacial score (nSPS) is 12.6.